The Hall–Kier alpha value is -2.73. The second kappa shape index (κ2) is 6.78. The summed E-state index contributed by atoms with van der Waals surface area (Å²) in [6, 6.07) is 13.6. The van der Waals surface area contributed by atoms with Crippen molar-refractivity contribution in [2.24, 2.45) is 11.3 Å². The van der Waals surface area contributed by atoms with Crippen LogP contribution in [0.3, 0.4) is 0 Å². The van der Waals surface area contributed by atoms with Crippen molar-refractivity contribution in [1.29, 1.82) is 0 Å². The standard InChI is InChI=1S/C21H21FN2O3/c1-24-11-17(20(26)23-10-14-5-3-2-4-6-14)21(12-24)13-27-18-8-7-15(22)9-16(18)19(21)25/h2-9,17H,10-13H2,1H3,(H,23,26)/t17-,21-/m0/s1. The van der Waals surface area contributed by atoms with Crippen molar-refractivity contribution in [3.05, 3.63) is 65.5 Å². The first-order valence-corrected chi connectivity index (χ1v) is 8.97. The summed E-state index contributed by atoms with van der Waals surface area (Å²) in [5, 5.41) is 2.94. The van der Waals surface area contributed by atoms with Gasteiger partial charge in [0.15, 0.2) is 5.78 Å². The Bertz CT molecular complexity index is 886. The highest BCUT2D eigenvalue weighted by atomic mass is 19.1. The van der Waals surface area contributed by atoms with Crippen LogP contribution < -0.4 is 10.1 Å². The van der Waals surface area contributed by atoms with Crippen LogP contribution in [0.4, 0.5) is 4.39 Å². The van der Waals surface area contributed by atoms with E-state index in [0.717, 1.165) is 5.56 Å². The van der Waals surface area contributed by atoms with E-state index < -0.39 is 17.2 Å². The van der Waals surface area contributed by atoms with Crippen LogP contribution in [0.5, 0.6) is 5.75 Å². The number of fused-ring (bicyclic) bond motifs is 1. The van der Waals surface area contributed by atoms with Gasteiger partial charge >= 0.3 is 0 Å². The van der Waals surface area contributed by atoms with Crippen molar-refractivity contribution in [2.75, 3.05) is 26.7 Å². The largest absolute Gasteiger partial charge is 0.492 e. The lowest BCUT2D eigenvalue weighted by Gasteiger charge is -2.36. The smallest absolute Gasteiger partial charge is 0.225 e. The van der Waals surface area contributed by atoms with Gasteiger partial charge in [0.05, 0.1) is 16.9 Å². The Balaban J connectivity index is 1.59. The van der Waals surface area contributed by atoms with Crippen LogP contribution in [0, 0.1) is 17.2 Å². The summed E-state index contributed by atoms with van der Waals surface area (Å²) in [5.41, 5.74) is 0.221. The molecule has 2 heterocycles. The van der Waals surface area contributed by atoms with Crippen molar-refractivity contribution < 1.29 is 18.7 Å². The number of nitrogens with one attached hydrogen (secondary N) is 1. The number of ketones is 1. The molecule has 2 aliphatic rings. The first-order valence-electron chi connectivity index (χ1n) is 8.97. The molecule has 140 valence electrons. The first kappa shape index (κ1) is 17.7. The van der Waals surface area contributed by atoms with Gasteiger partial charge in [-0.15, -0.1) is 0 Å². The van der Waals surface area contributed by atoms with Gasteiger partial charge < -0.3 is 15.0 Å². The summed E-state index contributed by atoms with van der Waals surface area (Å²) in [5.74, 6) is -1.05. The molecule has 2 aromatic carbocycles. The molecule has 0 saturated carbocycles. The van der Waals surface area contributed by atoms with E-state index in [9.17, 15) is 14.0 Å². The molecule has 2 aliphatic heterocycles. The Morgan fingerprint density at radius 3 is 2.85 bits per heavy atom. The Morgan fingerprint density at radius 1 is 1.30 bits per heavy atom. The maximum Gasteiger partial charge on any atom is 0.225 e. The van der Waals surface area contributed by atoms with E-state index in [-0.39, 0.29) is 23.9 Å². The van der Waals surface area contributed by atoms with E-state index in [2.05, 4.69) is 5.32 Å². The number of hydrogen-bond acceptors (Lipinski definition) is 4. The van der Waals surface area contributed by atoms with Gasteiger partial charge in [0, 0.05) is 19.6 Å². The third-order valence-corrected chi connectivity index (χ3v) is 5.46. The van der Waals surface area contributed by atoms with Gasteiger partial charge in [-0.3, -0.25) is 9.59 Å². The molecule has 0 aromatic heterocycles. The molecular weight excluding hydrogens is 347 g/mol. The monoisotopic (exact) mass is 368 g/mol. The summed E-state index contributed by atoms with van der Waals surface area (Å²) in [4.78, 5) is 28.2. The minimum Gasteiger partial charge on any atom is -0.492 e. The molecule has 4 rings (SSSR count). The number of carbonyl (C=O) groups is 2. The van der Waals surface area contributed by atoms with Crippen molar-refractivity contribution in [2.45, 2.75) is 6.54 Å². The molecule has 0 aliphatic carbocycles. The van der Waals surface area contributed by atoms with E-state index in [1.807, 2.05) is 42.3 Å². The zero-order valence-electron chi connectivity index (χ0n) is 15.1. The number of rotatable bonds is 3. The fourth-order valence-corrected chi connectivity index (χ4v) is 4.11. The van der Waals surface area contributed by atoms with Crippen molar-refractivity contribution in [3.63, 3.8) is 0 Å². The summed E-state index contributed by atoms with van der Waals surface area (Å²) in [6.07, 6.45) is 0. The molecule has 1 fully saturated rings. The molecule has 1 N–H and O–H groups in total. The average molecular weight is 368 g/mol. The molecule has 2 atom stereocenters. The van der Waals surface area contributed by atoms with E-state index in [4.69, 9.17) is 4.74 Å². The van der Waals surface area contributed by atoms with Gasteiger partial charge in [0.25, 0.3) is 0 Å². The third-order valence-electron chi connectivity index (χ3n) is 5.46. The van der Waals surface area contributed by atoms with Crippen molar-refractivity contribution >= 4 is 11.7 Å². The molecule has 0 unspecified atom stereocenters. The lowest BCUT2D eigenvalue weighted by atomic mass is 9.71. The second-order valence-corrected chi connectivity index (χ2v) is 7.37. The van der Waals surface area contributed by atoms with Gasteiger partial charge in [-0.1, -0.05) is 30.3 Å². The van der Waals surface area contributed by atoms with Crippen LogP contribution in [-0.2, 0) is 11.3 Å². The Kier molecular flexibility index (Phi) is 4.44. The third kappa shape index (κ3) is 3.10. The highest BCUT2D eigenvalue weighted by molar-refractivity contribution is 6.06. The first-order chi connectivity index (χ1) is 13.0. The lowest BCUT2D eigenvalue weighted by Crippen LogP contribution is -2.51. The maximum absolute atomic E-state index is 13.7. The summed E-state index contributed by atoms with van der Waals surface area (Å²) in [7, 11) is 1.88. The van der Waals surface area contributed by atoms with Gasteiger partial charge in [0.2, 0.25) is 5.91 Å². The number of benzene rings is 2. The second-order valence-electron chi connectivity index (χ2n) is 7.37. The summed E-state index contributed by atoms with van der Waals surface area (Å²) >= 11 is 0. The van der Waals surface area contributed by atoms with Crippen LogP contribution in [0.2, 0.25) is 0 Å². The van der Waals surface area contributed by atoms with Crippen LogP contribution in [0.1, 0.15) is 15.9 Å². The van der Waals surface area contributed by atoms with Crippen molar-refractivity contribution in [3.8, 4) is 5.75 Å². The number of nitrogens with zero attached hydrogens (tertiary/aromatic N) is 1. The predicted octanol–water partition coefficient (Wildman–Crippen LogP) is 2.27. The van der Waals surface area contributed by atoms with Gasteiger partial charge in [-0.05, 0) is 30.8 Å². The fourth-order valence-electron chi connectivity index (χ4n) is 4.11. The maximum atomic E-state index is 13.7. The Morgan fingerprint density at radius 2 is 2.07 bits per heavy atom. The molecule has 1 spiro atoms. The van der Waals surface area contributed by atoms with Gasteiger partial charge in [-0.2, -0.15) is 0 Å². The number of carbonyl (C=O) groups excluding carboxylic acids is 2. The number of hydrogen-bond donors (Lipinski definition) is 1. The number of amides is 1. The zero-order valence-corrected chi connectivity index (χ0v) is 15.1. The molecular formula is C21H21FN2O3. The number of halogens is 1. The minimum absolute atomic E-state index is 0.123. The molecule has 0 radical (unpaired) electrons. The topological polar surface area (TPSA) is 58.6 Å². The van der Waals surface area contributed by atoms with Crippen LogP contribution in [-0.4, -0.2) is 43.3 Å². The number of ether oxygens (including phenoxy) is 1. The van der Waals surface area contributed by atoms with E-state index in [0.29, 0.717) is 25.4 Å². The van der Waals surface area contributed by atoms with Crippen LogP contribution >= 0.6 is 0 Å². The van der Waals surface area contributed by atoms with Gasteiger partial charge in [0.1, 0.15) is 18.2 Å². The normalized spacial score (nSPS) is 24.5. The molecule has 5 nitrogen and oxygen atoms in total. The van der Waals surface area contributed by atoms with Crippen LogP contribution in [0.15, 0.2) is 48.5 Å². The van der Waals surface area contributed by atoms with Crippen LogP contribution in [0.25, 0.3) is 0 Å². The number of likely N-dealkylation sites (tertiary alicyclic amines) is 1. The fraction of sp³-hybridized carbons (Fsp3) is 0.333. The SMILES string of the molecule is CN1C[C@@H](C(=O)NCc2ccccc2)[C@@]2(COc3ccc(F)cc3C2=O)C1. The summed E-state index contributed by atoms with van der Waals surface area (Å²) < 4.78 is 19.5. The predicted molar refractivity (Wildman–Crippen MR) is 97.9 cm³/mol. The molecule has 0 bridgehead atoms. The molecule has 1 saturated heterocycles. The number of Topliss-reactive ketones (excluding diaryl/α,β-unsaturated/α-hetero) is 1. The summed E-state index contributed by atoms with van der Waals surface area (Å²) in [6.45, 7) is 1.39. The highest BCUT2D eigenvalue weighted by Gasteiger charge is 2.57. The lowest BCUT2D eigenvalue weighted by molar-refractivity contribution is -0.127. The molecule has 2 aromatic rings. The highest BCUT2D eigenvalue weighted by Crippen LogP contribution is 2.44. The van der Waals surface area contributed by atoms with Crippen molar-refractivity contribution in [1.82, 2.24) is 10.2 Å². The minimum atomic E-state index is -0.990. The average Bonchev–Trinajstić information content (AvgIpc) is 3.01. The van der Waals surface area contributed by atoms with E-state index >= 15 is 0 Å². The quantitative estimate of drug-likeness (QED) is 0.903. The molecule has 1 amide bonds. The Labute approximate surface area is 157 Å². The molecule has 27 heavy (non-hydrogen) atoms. The van der Waals surface area contributed by atoms with Gasteiger partial charge in [-0.25, -0.2) is 4.39 Å². The zero-order chi connectivity index (χ0) is 19.0. The van der Waals surface area contributed by atoms with E-state index in [1.54, 1.807) is 0 Å². The molecule has 6 heteroatoms. The van der Waals surface area contributed by atoms with E-state index in [1.165, 1.54) is 18.2 Å².